The van der Waals surface area contributed by atoms with Crippen LogP contribution in [-0.2, 0) is 102 Å². The molecule has 38 heteroatoms. The van der Waals surface area contributed by atoms with Crippen molar-refractivity contribution < 1.29 is 102 Å². The molecule has 0 aliphatic carbocycles. The molecule has 0 unspecified atom stereocenters. The second-order valence-corrected chi connectivity index (χ2v) is 25.9. The van der Waals surface area contributed by atoms with E-state index in [1.54, 1.807) is 60.7 Å². The van der Waals surface area contributed by atoms with Gasteiger partial charge in [-0.25, -0.2) is 4.79 Å². The molecule has 0 radical (unpaired) electrons. The predicted molar refractivity (Wildman–Crippen MR) is 393 cm³/mol. The fraction of sp³-hybridized carbons (Fsp3) is 0.429. The molecule has 0 bridgehead atoms. The normalized spacial score (nSPS) is 14.0. The standard InChI is InChI=1S/C70H93N15O21S2/c1-37(2)59(70(105)106)85-67(102)51(31-58(93)94)82-62(97)45(16-10-11-25-71)78-66(101)49(29-42-19-23-44(87)24-20-42)80-68(103)52(35-107)83-60(95)38(3)75-63(98)48(28-41-17-21-43(86)22-18-41)79-64(99)46(26-39-12-6-4-7-13-39)77-56(90)34-74-61(96)50(30-57(91)92)81-69(104)53(36-108)84-65(100)47(27-40-14-8-5-9-15-40)76-55(89)33-73-54(88)32-72/h4-9,12-15,17-24,37-38,45-53,59,86-87,107-108H,10-11,16,25-36,71-72H2,1-3H3,(H,73,88)(H,74,96)(H,75,98)(H,76,89)(H,77,90)(H,78,101)(H,79,99)(H,80,103)(H,81,104)(H,82,97)(H,83,95)(H,84,100)(H,85,102)(H,91,92)(H,93,94)(H,105,106)/t38-,45-,46-,47-,48-,49-,50-,51-,52-,53-,59-/m0/s1. The van der Waals surface area contributed by atoms with Crippen LogP contribution in [-0.4, -0.2) is 224 Å². The van der Waals surface area contributed by atoms with Crippen LogP contribution in [0.15, 0.2) is 109 Å². The number of amides is 13. The number of carbonyl (C=O) groups is 16. The van der Waals surface area contributed by atoms with Gasteiger partial charge in [0.25, 0.3) is 0 Å². The molecule has 4 aromatic carbocycles. The Morgan fingerprint density at radius 1 is 0.361 bits per heavy atom. The lowest BCUT2D eigenvalue weighted by atomic mass is 10.0. The van der Waals surface area contributed by atoms with Gasteiger partial charge in [-0.05, 0) is 85.2 Å². The smallest absolute Gasteiger partial charge is 0.326 e. The number of hydrogen-bond acceptors (Lipinski definition) is 22. The van der Waals surface area contributed by atoms with Gasteiger partial charge < -0.3 is 106 Å². The number of thiol groups is 2. The number of aromatic hydroxyl groups is 2. The van der Waals surface area contributed by atoms with Crippen molar-refractivity contribution in [1.29, 1.82) is 0 Å². The zero-order chi connectivity index (χ0) is 80.2. The number of carbonyl (C=O) groups excluding carboxylic acids is 13. The Hall–Kier alpha value is -11.4. The second kappa shape index (κ2) is 45.9. The third kappa shape index (κ3) is 31.7. The first-order valence-electron chi connectivity index (χ1n) is 34.0. The van der Waals surface area contributed by atoms with E-state index in [-0.39, 0.29) is 56.6 Å². The zero-order valence-corrected chi connectivity index (χ0v) is 61.0. The summed E-state index contributed by atoms with van der Waals surface area (Å²) in [7, 11) is 0. The number of rotatable bonds is 46. The summed E-state index contributed by atoms with van der Waals surface area (Å²) in [6.45, 7) is 2.42. The van der Waals surface area contributed by atoms with Crippen molar-refractivity contribution in [3.05, 3.63) is 131 Å². The van der Waals surface area contributed by atoms with Crippen LogP contribution >= 0.6 is 25.3 Å². The van der Waals surface area contributed by atoms with Crippen molar-refractivity contribution in [2.45, 2.75) is 145 Å². The van der Waals surface area contributed by atoms with E-state index >= 15 is 0 Å². The van der Waals surface area contributed by atoms with Crippen molar-refractivity contribution in [2.24, 2.45) is 17.4 Å². The van der Waals surface area contributed by atoms with Gasteiger partial charge in [-0.1, -0.05) is 98.8 Å². The molecule has 586 valence electrons. The Balaban J connectivity index is 1.54. The van der Waals surface area contributed by atoms with Crippen molar-refractivity contribution in [1.82, 2.24) is 69.1 Å². The molecule has 0 aromatic heterocycles. The van der Waals surface area contributed by atoms with Crippen molar-refractivity contribution >= 4 is 120 Å². The summed E-state index contributed by atoms with van der Waals surface area (Å²) < 4.78 is 0. The maximum atomic E-state index is 14.5. The highest BCUT2D eigenvalue weighted by Crippen LogP contribution is 2.16. The molecule has 0 spiro atoms. The number of unbranched alkanes of at least 4 members (excludes halogenated alkanes) is 1. The Kier molecular flexibility index (Phi) is 37.8. The molecular weight excluding hydrogens is 1450 g/mol. The third-order valence-electron chi connectivity index (χ3n) is 16.2. The highest BCUT2D eigenvalue weighted by Gasteiger charge is 2.37. The summed E-state index contributed by atoms with van der Waals surface area (Å²) in [5.74, 6) is -19.5. The number of benzene rings is 4. The van der Waals surface area contributed by atoms with Gasteiger partial charge in [0, 0.05) is 37.2 Å². The van der Waals surface area contributed by atoms with E-state index in [4.69, 9.17) is 11.5 Å². The van der Waals surface area contributed by atoms with Crippen LogP contribution in [0.3, 0.4) is 0 Å². The number of carboxylic acid groups (broad SMARTS) is 3. The molecule has 22 N–H and O–H groups in total. The van der Waals surface area contributed by atoms with E-state index in [9.17, 15) is 102 Å². The minimum Gasteiger partial charge on any atom is -0.508 e. The fourth-order valence-electron chi connectivity index (χ4n) is 10.3. The molecule has 0 saturated heterocycles. The van der Waals surface area contributed by atoms with Crippen LogP contribution < -0.4 is 80.6 Å². The molecule has 4 aromatic rings. The number of carboxylic acids is 3. The quantitative estimate of drug-likeness (QED) is 0.0147. The molecule has 36 nitrogen and oxygen atoms in total. The van der Waals surface area contributed by atoms with E-state index < -0.39 is 211 Å². The molecular formula is C70H93N15O21S2. The van der Waals surface area contributed by atoms with Gasteiger partial charge in [0.1, 0.15) is 78.0 Å². The molecule has 4 rings (SSSR count). The second-order valence-electron chi connectivity index (χ2n) is 25.1. The first-order valence-corrected chi connectivity index (χ1v) is 35.3. The van der Waals surface area contributed by atoms with Gasteiger partial charge in [-0.3, -0.25) is 71.9 Å². The highest BCUT2D eigenvalue weighted by molar-refractivity contribution is 7.80. The van der Waals surface area contributed by atoms with Gasteiger partial charge in [0.05, 0.1) is 32.5 Å². The largest absolute Gasteiger partial charge is 0.508 e. The molecule has 0 heterocycles. The first kappa shape index (κ1) is 89.0. The first-order chi connectivity index (χ1) is 51.2. The number of phenols is 2. The van der Waals surface area contributed by atoms with Crippen LogP contribution in [0.4, 0.5) is 0 Å². The van der Waals surface area contributed by atoms with Crippen LogP contribution in [0.5, 0.6) is 11.5 Å². The SMILES string of the molecule is CC(C)[C@H](NC(=O)[C@H](CC(=O)O)NC(=O)[C@H](CCCCN)NC(=O)[C@H](Cc1ccc(O)cc1)NC(=O)[C@H](CS)NC(=O)[C@H](C)NC(=O)[C@H](Cc1ccc(O)cc1)NC(=O)[C@H](Cc1ccccc1)NC(=O)CNC(=O)[C@H](CC(=O)O)NC(=O)[C@H](CS)NC(=O)[C@H](Cc1ccccc1)NC(=O)CNC(=O)CN)C(=O)O. The summed E-state index contributed by atoms with van der Waals surface area (Å²) >= 11 is 8.44. The highest BCUT2D eigenvalue weighted by atomic mass is 32.1. The molecule has 0 aliphatic heterocycles. The Labute approximate surface area is 631 Å². The maximum Gasteiger partial charge on any atom is 0.326 e. The average Bonchev–Trinajstić information content (AvgIpc) is 0.847. The summed E-state index contributed by atoms with van der Waals surface area (Å²) in [4.78, 5) is 214. The molecule has 0 aliphatic rings. The van der Waals surface area contributed by atoms with Gasteiger partial charge in [-0.15, -0.1) is 0 Å². The van der Waals surface area contributed by atoms with E-state index in [1.807, 2.05) is 0 Å². The van der Waals surface area contributed by atoms with Crippen LogP contribution in [0.25, 0.3) is 0 Å². The molecule has 108 heavy (non-hydrogen) atoms. The molecule has 0 fully saturated rings. The molecule has 13 amide bonds. The number of nitrogens with one attached hydrogen (secondary N) is 13. The van der Waals surface area contributed by atoms with E-state index in [1.165, 1.54) is 69.3 Å². The van der Waals surface area contributed by atoms with Crippen LogP contribution in [0, 0.1) is 5.92 Å². The van der Waals surface area contributed by atoms with Gasteiger partial charge in [-0.2, -0.15) is 25.3 Å². The lowest BCUT2D eigenvalue weighted by Crippen LogP contribution is -2.61. The van der Waals surface area contributed by atoms with Crippen molar-refractivity contribution in [3.8, 4) is 11.5 Å². The zero-order valence-electron chi connectivity index (χ0n) is 59.2. The number of aliphatic carboxylic acids is 3. The van der Waals surface area contributed by atoms with E-state index in [0.717, 1.165) is 0 Å². The van der Waals surface area contributed by atoms with Crippen molar-refractivity contribution in [2.75, 3.05) is 37.7 Å². The number of phenolic OH excluding ortho intramolecular Hbond substituents is 2. The summed E-state index contributed by atoms with van der Waals surface area (Å²) in [5, 5.41) is 80.5. The van der Waals surface area contributed by atoms with Crippen LogP contribution in [0.2, 0.25) is 0 Å². The van der Waals surface area contributed by atoms with E-state index in [0.29, 0.717) is 28.7 Å². The Bertz CT molecular complexity index is 3770. The fourth-order valence-corrected chi connectivity index (χ4v) is 10.8. The Morgan fingerprint density at radius 2 is 0.694 bits per heavy atom. The number of nitrogens with two attached hydrogens (primary N) is 2. The minimum absolute atomic E-state index is 0.102. The predicted octanol–water partition coefficient (Wildman–Crippen LogP) is -4.41. The molecule has 11 atom stereocenters. The van der Waals surface area contributed by atoms with Gasteiger partial charge in [0.2, 0.25) is 76.8 Å². The Morgan fingerprint density at radius 3 is 1.08 bits per heavy atom. The average molecular weight is 1540 g/mol. The summed E-state index contributed by atoms with van der Waals surface area (Å²) in [6, 6.07) is 9.83. The summed E-state index contributed by atoms with van der Waals surface area (Å²) in [6.07, 6.45) is -2.68. The van der Waals surface area contributed by atoms with E-state index in [2.05, 4.69) is 94.4 Å². The lowest BCUT2D eigenvalue weighted by Gasteiger charge is -2.27. The monoisotopic (exact) mass is 1540 g/mol. The van der Waals surface area contributed by atoms with Crippen molar-refractivity contribution in [3.63, 3.8) is 0 Å². The minimum atomic E-state index is -1.90. The molecule has 0 saturated carbocycles. The van der Waals surface area contributed by atoms with Crippen LogP contribution in [0.1, 0.15) is 75.1 Å². The summed E-state index contributed by atoms with van der Waals surface area (Å²) in [5.41, 5.74) is 12.8. The number of hydrogen-bond donors (Lipinski definition) is 22. The maximum absolute atomic E-state index is 14.5. The van der Waals surface area contributed by atoms with Gasteiger partial charge >= 0.3 is 17.9 Å². The topological polar surface area (TPSA) is 583 Å². The third-order valence-corrected chi connectivity index (χ3v) is 16.9. The lowest BCUT2D eigenvalue weighted by molar-refractivity contribution is -0.144. The van der Waals surface area contributed by atoms with Gasteiger partial charge in [0.15, 0.2) is 0 Å².